The van der Waals surface area contributed by atoms with Crippen molar-refractivity contribution in [3.05, 3.63) is 23.8 Å². The first-order valence-corrected chi connectivity index (χ1v) is 8.09. The lowest BCUT2D eigenvalue weighted by molar-refractivity contribution is -0.115. The molecule has 0 aliphatic carbocycles. The van der Waals surface area contributed by atoms with Gasteiger partial charge in [-0.2, -0.15) is 5.10 Å². The van der Waals surface area contributed by atoms with Crippen LogP contribution in [0.1, 0.15) is 12.5 Å². The number of anilines is 1. The molecule has 1 heterocycles. The molecule has 1 amide bonds. The largest absolute Gasteiger partial charge is 0.493 e. The highest BCUT2D eigenvalue weighted by Crippen LogP contribution is 2.27. The second-order valence-corrected chi connectivity index (χ2v) is 5.75. The number of nitrogens with zero attached hydrogens (tertiary/aromatic N) is 4. The van der Waals surface area contributed by atoms with Crippen LogP contribution < -0.4 is 26.5 Å². The fourth-order valence-electron chi connectivity index (χ4n) is 1.85. The lowest BCUT2D eigenvalue weighted by Crippen LogP contribution is -2.16. The van der Waals surface area contributed by atoms with Crippen LogP contribution in [0, 0.1) is 0 Å². The number of thioether (sulfide) groups is 1. The van der Waals surface area contributed by atoms with Gasteiger partial charge < -0.3 is 21.1 Å². The van der Waals surface area contributed by atoms with Crippen molar-refractivity contribution in [3.63, 3.8) is 0 Å². The lowest BCUT2D eigenvalue weighted by atomic mass is 10.1. The minimum atomic E-state index is -0.468. The van der Waals surface area contributed by atoms with Gasteiger partial charge in [-0.25, -0.2) is 10.1 Å². The molecule has 0 aliphatic rings. The summed E-state index contributed by atoms with van der Waals surface area (Å²) in [5.41, 5.74) is 9.33. The number of nitrogen functional groups attached to an aromatic ring is 1. The summed E-state index contributed by atoms with van der Waals surface area (Å²) in [5.74, 6) is 6.90. The average molecular weight is 365 g/mol. The number of rotatable bonds is 8. The molecule has 0 atom stereocenters. The first-order valence-electron chi connectivity index (χ1n) is 7.10. The summed E-state index contributed by atoms with van der Waals surface area (Å²) in [6, 6.07) is 5.45. The number of carbonyl (C=O) groups excluding carboxylic acids is 1. The highest BCUT2D eigenvalue weighted by Gasteiger charge is 2.11. The first kappa shape index (κ1) is 18.4. The molecule has 134 valence electrons. The molecule has 5 N–H and O–H groups in total. The predicted octanol–water partition coefficient (Wildman–Crippen LogP) is 0.423. The number of benzene rings is 1. The summed E-state index contributed by atoms with van der Waals surface area (Å²) in [4.78, 5) is 10.8. The van der Waals surface area contributed by atoms with E-state index in [9.17, 15) is 4.79 Å². The Bertz CT molecular complexity index is 791. The molecule has 0 saturated carbocycles. The third kappa shape index (κ3) is 4.53. The van der Waals surface area contributed by atoms with Gasteiger partial charge in [-0.3, -0.25) is 4.79 Å². The number of hydrogen-bond acceptors (Lipinski definition) is 9. The molecule has 10 nitrogen and oxygen atoms in total. The molecule has 1 aromatic heterocycles. The number of hydrazone groups is 1. The Morgan fingerprint density at radius 1 is 1.32 bits per heavy atom. The van der Waals surface area contributed by atoms with Crippen LogP contribution in [-0.4, -0.2) is 46.5 Å². The average Bonchev–Trinajstić information content (AvgIpc) is 2.97. The zero-order chi connectivity index (χ0) is 18.4. The van der Waals surface area contributed by atoms with Gasteiger partial charge in [0.2, 0.25) is 11.1 Å². The zero-order valence-electron chi connectivity index (χ0n) is 14.0. The SMILES string of the molecule is COc1ccc(/C(C)=N/Nc2nnc(SCC(N)=O)n2N)cc1OC. The first-order chi connectivity index (χ1) is 12.0. The highest BCUT2D eigenvalue weighted by molar-refractivity contribution is 7.99. The van der Waals surface area contributed by atoms with Gasteiger partial charge >= 0.3 is 0 Å². The van der Waals surface area contributed by atoms with Gasteiger partial charge in [-0.15, -0.1) is 10.2 Å². The normalized spacial score (nSPS) is 11.2. The predicted molar refractivity (Wildman–Crippen MR) is 95.5 cm³/mol. The van der Waals surface area contributed by atoms with E-state index in [1.54, 1.807) is 26.4 Å². The molecule has 25 heavy (non-hydrogen) atoms. The maximum Gasteiger partial charge on any atom is 0.264 e. The van der Waals surface area contributed by atoms with Crippen LogP contribution in [0.2, 0.25) is 0 Å². The second-order valence-electron chi connectivity index (χ2n) is 4.81. The van der Waals surface area contributed by atoms with E-state index in [4.69, 9.17) is 21.1 Å². The fraction of sp³-hybridized carbons (Fsp3) is 0.286. The second kappa shape index (κ2) is 8.24. The topological polar surface area (TPSA) is 143 Å². The van der Waals surface area contributed by atoms with E-state index in [2.05, 4.69) is 20.7 Å². The number of primary amides is 1. The molecule has 0 spiro atoms. The van der Waals surface area contributed by atoms with Crippen molar-refractivity contribution in [3.8, 4) is 11.5 Å². The quantitative estimate of drug-likeness (QED) is 0.264. The minimum Gasteiger partial charge on any atom is -0.493 e. The van der Waals surface area contributed by atoms with Crippen LogP contribution in [0.15, 0.2) is 28.5 Å². The molecule has 0 saturated heterocycles. The van der Waals surface area contributed by atoms with Crippen LogP contribution in [0.3, 0.4) is 0 Å². The van der Waals surface area contributed by atoms with Crippen LogP contribution in [0.5, 0.6) is 11.5 Å². The number of methoxy groups -OCH3 is 2. The van der Waals surface area contributed by atoms with Crippen molar-refractivity contribution in [1.29, 1.82) is 0 Å². The highest BCUT2D eigenvalue weighted by atomic mass is 32.2. The van der Waals surface area contributed by atoms with Gasteiger partial charge in [-0.05, 0) is 25.1 Å². The maximum absolute atomic E-state index is 10.8. The van der Waals surface area contributed by atoms with E-state index in [0.717, 1.165) is 17.3 Å². The van der Waals surface area contributed by atoms with E-state index in [1.807, 2.05) is 13.0 Å². The number of nitrogens with one attached hydrogen (secondary N) is 1. The van der Waals surface area contributed by atoms with Crippen molar-refractivity contribution >= 4 is 29.3 Å². The molecule has 2 rings (SSSR count). The van der Waals surface area contributed by atoms with Gasteiger partial charge in [0.05, 0.1) is 25.7 Å². The summed E-state index contributed by atoms with van der Waals surface area (Å²) in [7, 11) is 3.14. The summed E-state index contributed by atoms with van der Waals surface area (Å²) >= 11 is 1.09. The number of amides is 1. The number of carbonyl (C=O) groups is 1. The van der Waals surface area contributed by atoms with Crippen molar-refractivity contribution in [2.75, 3.05) is 31.2 Å². The zero-order valence-corrected chi connectivity index (χ0v) is 14.8. The molecular weight excluding hydrogens is 346 g/mol. The molecule has 1 aromatic carbocycles. The maximum atomic E-state index is 10.8. The fourth-order valence-corrected chi connectivity index (χ4v) is 2.44. The smallest absolute Gasteiger partial charge is 0.264 e. The van der Waals surface area contributed by atoms with Gasteiger partial charge in [-0.1, -0.05) is 11.8 Å². The summed E-state index contributed by atoms with van der Waals surface area (Å²) in [5, 5.41) is 12.3. The van der Waals surface area contributed by atoms with Crippen molar-refractivity contribution in [2.45, 2.75) is 12.1 Å². The van der Waals surface area contributed by atoms with E-state index < -0.39 is 5.91 Å². The van der Waals surface area contributed by atoms with E-state index in [-0.39, 0.29) is 11.7 Å². The van der Waals surface area contributed by atoms with Crippen LogP contribution in [-0.2, 0) is 4.79 Å². The van der Waals surface area contributed by atoms with Crippen LogP contribution in [0.25, 0.3) is 0 Å². The molecule has 0 fully saturated rings. The van der Waals surface area contributed by atoms with Gasteiger partial charge in [0.1, 0.15) is 0 Å². The molecule has 11 heteroatoms. The van der Waals surface area contributed by atoms with E-state index >= 15 is 0 Å². The van der Waals surface area contributed by atoms with E-state index in [1.165, 1.54) is 4.68 Å². The number of aromatic nitrogens is 3. The standard InChI is InChI=1S/C14H19N7O3S/c1-8(9-4-5-10(23-2)11(6-9)24-3)17-18-13-19-20-14(21(13)16)25-7-12(15)22/h4-6H,7,16H2,1-3H3,(H2,15,22)(H,18,19)/b17-8+. The Morgan fingerprint density at radius 2 is 2.04 bits per heavy atom. The van der Waals surface area contributed by atoms with Gasteiger partial charge in [0.25, 0.3) is 5.95 Å². The van der Waals surface area contributed by atoms with Gasteiger partial charge in [0.15, 0.2) is 11.5 Å². The number of hydrogen-bond donors (Lipinski definition) is 3. The van der Waals surface area contributed by atoms with E-state index in [0.29, 0.717) is 22.4 Å². The third-order valence-electron chi connectivity index (χ3n) is 3.13. The summed E-state index contributed by atoms with van der Waals surface area (Å²) in [6.45, 7) is 1.81. The molecular formula is C14H19N7O3S. The summed E-state index contributed by atoms with van der Waals surface area (Å²) < 4.78 is 11.7. The van der Waals surface area contributed by atoms with Gasteiger partial charge in [0, 0.05) is 5.56 Å². The molecule has 0 bridgehead atoms. The summed E-state index contributed by atoms with van der Waals surface area (Å²) in [6.07, 6.45) is 0. The lowest BCUT2D eigenvalue weighted by Gasteiger charge is -2.09. The molecule has 0 aliphatic heterocycles. The Labute approximate surface area is 148 Å². The van der Waals surface area contributed by atoms with Crippen molar-refractivity contribution < 1.29 is 14.3 Å². The number of ether oxygens (including phenoxy) is 2. The van der Waals surface area contributed by atoms with Crippen LogP contribution >= 0.6 is 11.8 Å². The third-order valence-corrected chi connectivity index (χ3v) is 4.10. The minimum absolute atomic E-state index is 0.0588. The molecule has 0 unspecified atom stereocenters. The number of nitrogens with two attached hydrogens (primary N) is 2. The Hall–Kier alpha value is -2.95. The Balaban J connectivity index is 2.12. The van der Waals surface area contributed by atoms with Crippen molar-refractivity contribution in [1.82, 2.24) is 14.9 Å². The van der Waals surface area contributed by atoms with Crippen molar-refractivity contribution in [2.24, 2.45) is 10.8 Å². The molecule has 0 radical (unpaired) electrons. The monoisotopic (exact) mass is 365 g/mol. The Morgan fingerprint density at radius 3 is 2.68 bits per heavy atom. The molecule has 2 aromatic rings. The van der Waals surface area contributed by atoms with Crippen LogP contribution in [0.4, 0.5) is 5.95 Å². The Kier molecular flexibility index (Phi) is 6.06.